The van der Waals surface area contributed by atoms with Crippen LogP contribution >= 0.6 is 0 Å². The van der Waals surface area contributed by atoms with Gasteiger partial charge in [-0.3, -0.25) is 15.2 Å². The second kappa shape index (κ2) is 6.37. The minimum Gasteiger partial charge on any atom is -0.457 e. The van der Waals surface area contributed by atoms with Crippen molar-refractivity contribution in [2.75, 3.05) is 5.73 Å². The van der Waals surface area contributed by atoms with Crippen LogP contribution in [-0.4, -0.2) is 25.1 Å². The van der Waals surface area contributed by atoms with Crippen LogP contribution in [0.3, 0.4) is 0 Å². The van der Waals surface area contributed by atoms with Crippen LogP contribution in [0.5, 0.6) is 11.5 Å². The SMILES string of the molecule is Cc1ccc([N+](=O)[O-])cc1Oc1ccc(-c2n[nH]c3ncnc(N)c23)cc1. The molecule has 9 heteroatoms. The van der Waals surface area contributed by atoms with Crippen molar-refractivity contribution in [2.45, 2.75) is 6.92 Å². The average Bonchev–Trinajstić information content (AvgIpc) is 3.09. The lowest BCUT2D eigenvalue weighted by Crippen LogP contribution is -1.93. The Balaban J connectivity index is 1.65. The van der Waals surface area contributed by atoms with Gasteiger partial charge in [0.1, 0.15) is 29.3 Å². The summed E-state index contributed by atoms with van der Waals surface area (Å²) in [6.45, 7) is 1.83. The van der Waals surface area contributed by atoms with Gasteiger partial charge in [-0.05, 0) is 42.8 Å². The highest BCUT2D eigenvalue weighted by Gasteiger charge is 2.14. The summed E-state index contributed by atoms with van der Waals surface area (Å²) in [6, 6.07) is 11.7. The van der Waals surface area contributed by atoms with Crippen LogP contribution in [0.15, 0.2) is 48.8 Å². The Labute approximate surface area is 153 Å². The zero-order valence-electron chi connectivity index (χ0n) is 14.2. The van der Waals surface area contributed by atoms with E-state index in [4.69, 9.17) is 10.5 Å². The Kier molecular flexibility index (Phi) is 3.88. The van der Waals surface area contributed by atoms with E-state index in [2.05, 4.69) is 20.2 Å². The average molecular weight is 362 g/mol. The molecule has 0 fully saturated rings. The minimum absolute atomic E-state index is 0.0225. The highest BCUT2D eigenvalue weighted by molar-refractivity contribution is 5.97. The number of nitro benzene ring substituents is 1. The molecule has 0 atom stereocenters. The van der Waals surface area contributed by atoms with E-state index in [1.807, 2.05) is 19.1 Å². The number of hydrogen-bond donors (Lipinski definition) is 2. The fourth-order valence-electron chi connectivity index (χ4n) is 2.71. The van der Waals surface area contributed by atoms with E-state index in [1.54, 1.807) is 18.2 Å². The van der Waals surface area contributed by atoms with Crippen molar-refractivity contribution in [1.29, 1.82) is 0 Å². The van der Waals surface area contributed by atoms with Crippen LogP contribution in [-0.2, 0) is 0 Å². The number of ether oxygens (including phenoxy) is 1. The molecule has 0 amide bonds. The molecule has 0 unspecified atom stereocenters. The Bertz CT molecular complexity index is 1150. The summed E-state index contributed by atoms with van der Waals surface area (Å²) in [4.78, 5) is 18.6. The van der Waals surface area contributed by atoms with Crippen molar-refractivity contribution < 1.29 is 9.66 Å². The number of nitrogens with one attached hydrogen (secondary N) is 1. The van der Waals surface area contributed by atoms with Gasteiger partial charge in [-0.2, -0.15) is 5.10 Å². The van der Waals surface area contributed by atoms with Crippen molar-refractivity contribution in [3.8, 4) is 22.8 Å². The smallest absolute Gasteiger partial charge is 0.273 e. The summed E-state index contributed by atoms with van der Waals surface area (Å²) in [5.41, 5.74) is 8.72. The monoisotopic (exact) mass is 362 g/mol. The second-order valence-electron chi connectivity index (χ2n) is 5.89. The topological polar surface area (TPSA) is 133 Å². The van der Waals surface area contributed by atoms with Gasteiger partial charge in [0, 0.05) is 11.6 Å². The number of nitrogens with zero attached hydrogens (tertiary/aromatic N) is 4. The minimum atomic E-state index is -0.454. The summed E-state index contributed by atoms with van der Waals surface area (Å²) in [5.74, 6) is 1.32. The number of benzene rings is 2. The molecule has 0 saturated carbocycles. The predicted molar refractivity (Wildman–Crippen MR) is 99.4 cm³/mol. The van der Waals surface area contributed by atoms with E-state index in [0.29, 0.717) is 34.0 Å². The normalized spacial score (nSPS) is 10.9. The first-order valence-electron chi connectivity index (χ1n) is 8.01. The van der Waals surface area contributed by atoms with Gasteiger partial charge in [0.25, 0.3) is 5.69 Å². The van der Waals surface area contributed by atoms with Gasteiger partial charge in [-0.25, -0.2) is 9.97 Å². The van der Waals surface area contributed by atoms with Crippen LogP contribution in [0.1, 0.15) is 5.56 Å². The summed E-state index contributed by atoms with van der Waals surface area (Å²) in [6.07, 6.45) is 1.37. The highest BCUT2D eigenvalue weighted by atomic mass is 16.6. The highest BCUT2D eigenvalue weighted by Crippen LogP contribution is 2.32. The summed E-state index contributed by atoms with van der Waals surface area (Å²) < 4.78 is 5.80. The molecule has 3 N–H and O–H groups in total. The molecule has 2 aromatic carbocycles. The third kappa shape index (κ3) is 3.01. The molecule has 134 valence electrons. The van der Waals surface area contributed by atoms with Gasteiger partial charge in [0.2, 0.25) is 0 Å². The standard InChI is InChI=1S/C18H14N6O3/c1-10-2-5-12(24(25)26)8-14(10)27-13-6-3-11(4-7-13)16-15-17(19)20-9-21-18(15)23-22-16/h2-9H,1H3,(H3,19,20,21,22,23). The molecule has 0 aliphatic rings. The maximum absolute atomic E-state index is 10.9. The Hall–Kier alpha value is -4.01. The lowest BCUT2D eigenvalue weighted by Gasteiger charge is -2.09. The van der Waals surface area contributed by atoms with Crippen LogP contribution in [0.2, 0.25) is 0 Å². The quantitative estimate of drug-likeness (QED) is 0.418. The zero-order chi connectivity index (χ0) is 19.0. The van der Waals surface area contributed by atoms with E-state index in [-0.39, 0.29) is 5.69 Å². The van der Waals surface area contributed by atoms with Crippen LogP contribution in [0, 0.1) is 17.0 Å². The molecule has 0 aliphatic carbocycles. The molecule has 2 heterocycles. The Morgan fingerprint density at radius 3 is 2.67 bits per heavy atom. The number of nitro groups is 1. The van der Waals surface area contributed by atoms with Crippen LogP contribution in [0.25, 0.3) is 22.3 Å². The number of non-ortho nitro benzene ring substituents is 1. The van der Waals surface area contributed by atoms with Gasteiger partial charge < -0.3 is 10.5 Å². The van der Waals surface area contributed by atoms with E-state index in [0.717, 1.165) is 11.1 Å². The van der Waals surface area contributed by atoms with E-state index in [9.17, 15) is 10.1 Å². The molecule has 4 aromatic rings. The third-order valence-corrected chi connectivity index (χ3v) is 4.13. The molecule has 2 aromatic heterocycles. The van der Waals surface area contributed by atoms with Gasteiger partial charge >= 0.3 is 0 Å². The number of fused-ring (bicyclic) bond motifs is 1. The third-order valence-electron chi connectivity index (χ3n) is 4.13. The number of H-pyrrole nitrogens is 1. The fraction of sp³-hybridized carbons (Fsp3) is 0.0556. The summed E-state index contributed by atoms with van der Waals surface area (Å²) in [5, 5.41) is 18.7. The first kappa shape index (κ1) is 16.5. The molecular weight excluding hydrogens is 348 g/mol. The van der Waals surface area contributed by atoms with Crippen molar-refractivity contribution in [2.24, 2.45) is 0 Å². The van der Waals surface area contributed by atoms with Gasteiger partial charge in [-0.15, -0.1) is 0 Å². The van der Waals surface area contributed by atoms with Crippen LogP contribution in [0.4, 0.5) is 11.5 Å². The molecule has 0 aliphatic heterocycles. The lowest BCUT2D eigenvalue weighted by molar-refractivity contribution is -0.384. The molecule has 9 nitrogen and oxygen atoms in total. The molecule has 4 rings (SSSR count). The Morgan fingerprint density at radius 2 is 1.93 bits per heavy atom. The van der Waals surface area contributed by atoms with Crippen molar-refractivity contribution >= 4 is 22.5 Å². The van der Waals surface area contributed by atoms with Crippen molar-refractivity contribution in [1.82, 2.24) is 20.2 Å². The zero-order valence-corrected chi connectivity index (χ0v) is 14.2. The van der Waals surface area contributed by atoms with Gasteiger partial charge in [0.15, 0.2) is 5.65 Å². The predicted octanol–water partition coefficient (Wildman–Crippen LogP) is 3.61. The number of aromatic amines is 1. The first-order valence-corrected chi connectivity index (χ1v) is 8.01. The van der Waals surface area contributed by atoms with Crippen LogP contribution < -0.4 is 10.5 Å². The lowest BCUT2D eigenvalue weighted by atomic mass is 10.1. The number of hydrogen-bond acceptors (Lipinski definition) is 7. The number of aryl methyl sites for hydroxylation is 1. The van der Waals surface area contributed by atoms with Gasteiger partial charge in [-0.1, -0.05) is 0 Å². The molecule has 0 radical (unpaired) electrons. The molecule has 0 bridgehead atoms. The molecule has 0 saturated heterocycles. The summed E-state index contributed by atoms with van der Waals surface area (Å²) in [7, 11) is 0. The van der Waals surface area contributed by atoms with Crippen molar-refractivity contribution in [3.63, 3.8) is 0 Å². The largest absolute Gasteiger partial charge is 0.457 e. The summed E-state index contributed by atoms with van der Waals surface area (Å²) >= 11 is 0. The number of rotatable bonds is 4. The molecule has 0 spiro atoms. The second-order valence-corrected chi connectivity index (χ2v) is 5.89. The first-order chi connectivity index (χ1) is 13.0. The maximum atomic E-state index is 10.9. The van der Waals surface area contributed by atoms with E-state index >= 15 is 0 Å². The number of nitrogen functional groups attached to an aromatic ring is 1. The Morgan fingerprint density at radius 1 is 1.15 bits per heavy atom. The number of aromatic nitrogens is 4. The number of nitrogens with two attached hydrogens (primary N) is 1. The number of anilines is 1. The maximum Gasteiger partial charge on any atom is 0.273 e. The van der Waals surface area contributed by atoms with E-state index < -0.39 is 4.92 Å². The molecule has 27 heavy (non-hydrogen) atoms. The van der Waals surface area contributed by atoms with E-state index in [1.165, 1.54) is 18.5 Å². The van der Waals surface area contributed by atoms with Gasteiger partial charge in [0.05, 0.1) is 16.4 Å². The van der Waals surface area contributed by atoms with Crippen molar-refractivity contribution in [3.05, 3.63) is 64.5 Å². The molecular formula is C18H14N6O3. The fourth-order valence-corrected chi connectivity index (χ4v) is 2.71.